The summed E-state index contributed by atoms with van der Waals surface area (Å²) in [7, 11) is 0. The molecule has 0 spiro atoms. The molecule has 1 fully saturated rings. The average Bonchev–Trinajstić information content (AvgIpc) is 2.50. The smallest absolute Gasteiger partial charge is 0.229 e. The number of hydrogen-bond acceptors (Lipinski definition) is 4. The number of benzene rings is 1. The fourth-order valence-electron chi connectivity index (χ4n) is 2.65. The van der Waals surface area contributed by atoms with Crippen molar-refractivity contribution in [2.24, 2.45) is 5.92 Å². The Balaban J connectivity index is 1.75. The number of hydrogen-bond donors (Lipinski definition) is 1. The van der Waals surface area contributed by atoms with Gasteiger partial charge in [0.1, 0.15) is 5.82 Å². The van der Waals surface area contributed by atoms with Crippen LogP contribution in [0, 0.1) is 5.92 Å². The van der Waals surface area contributed by atoms with Crippen LogP contribution in [0.2, 0.25) is 0 Å². The van der Waals surface area contributed by atoms with Crippen LogP contribution >= 0.6 is 15.9 Å². The molecule has 1 N–H and O–H groups in total. The van der Waals surface area contributed by atoms with Crippen LogP contribution in [0.3, 0.4) is 0 Å². The quantitative estimate of drug-likeness (QED) is 0.903. The van der Waals surface area contributed by atoms with Gasteiger partial charge in [-0.2, -0.15) is 4.98 Å². The van der Waals surface area contributed by atoms with Gasteiger partial charge in [-0.1, -0.05) is 22.9 Å². The molecule has 2 aromatic rings. The van der Waals surface area contributed by atoms with Gasteiger partial charge in [-0.05, 0) is 49.1 Å². The molecular formula is C16H19BrN4. The molecular weight excluding hydrogens is 328 g/mol. The highest BCUT2D eigenvalue weighted by Gasteiger charge is 2.17. The van der Waals surface area contributed by atoms with Crippen molar-refractivity contribution in [1.29, 1.82) is 0 Å². The van der Waals surface area contributed by atoms with Crippen molar-refractivity contribution in [3.8, 4) is 0 Å². The Hall–Kier alpha value is -1.62. The molecule has 110 valence electrons. The topological polar surface area (TPSA) is 41.1 Å². The van der Waals surface area contributed by atoms with Gasteiger partial charge in [0.05, 0.1) is 0 Å². The first-order valence-electron chi connectivity index (χ1n) is 7.31. The van der Waals surface area contributed by atoms with Crippen LogP contribution in [0.4, 0.5) is 17.5 Å². The predicted molar refractivity (Wildman–Crippen MR) is 90.1 cm³/mol. The normalized spacial score (nSPS) is 18.6. The molecule has 0 bridgehead atoms. The van der Waals surface area contributed by atoms with E-state index < -0.39 is 0 Å². The standard InChI is InChI=1S/C16H19BrN4/c1-12-3-2-10-21(11-12)15-8-9-18-16(20-15)19-14-6-4-13(17)5-7-14/h4-9,12H,2-3,10-11H2,1H3,(H,18,19,20). The number of halogens is 1. The Morgan fingerprint density at radius 3 is 2.81 bits per heavy atom. The van der Waals surface area contributed by atoms with E-state index in [1.165, 1.54) is 12.8 Å². The molecule has 3 rings (SSSR count). The Labute approximate surface area is 133 Å². The van der Waals surface area contributed by atoms with Gasteiger partial charge in [-0.25, -0.2) is 4.98 Å². The number of aromatic nitrogens is 2. The third kappa shape index (κ3) is 3.73. The van der Waals surface area contributed by atoms with Crippen LogP contribution in [-0.2, 0) is 0 Å². The second kappa shape index (κ2) is 6.43. The molecule has 1 aliphatic rings. The maximum absolute atomic E-state index is 4.64. The monoisotopic (exact) mass is 346 g/mol. The largest absolute Gasteiger partial charge is 0.356 e. The summed E-state index contributed by atoms with van der Waals surface area (Å²) in [4.78, 5) is 11.3. The fourth-order valence-corrected chi connectivity index (χ4v) is 2.91. The average molecular weight is 347 g/mol. The summed E-state index contributed by atoms with van der Waals surface area (Å²) in [6.45, 7) is 4.46. The van der Waals surface area contributed by atoms with Crippen LogP contribution < -0.4 is 10.2 Å². The number of nitrogens with zero attached hydrogens (tertiary/aromatic N) is 3. The van der Waals surface area contributed by atoms with Crippen molar-refractivity contribution in [3.63, 3.8) is 0 Å². The summed E-state index contributed by atoms with van der Waals surface area (Å²) in [6, 6.07) is 9.99. The lowest BCUT2D eigenvalue weighted by Gasteiger charge is -2.31. The van der Waals surface area contributed by atoms with E-state index >= 15 is 0 Å². The van der Waals surface area contributed by atoms with E-state index in [9.17, 15) is 0 Å². The van der Waals surface area contributed by atoms with E-state index in [2.05, 4.69) is 43.0 Å². The van der Waals surface area contributed by atoms with E-state index in [-0.39, 0.29) is 0 Å². The second-order valence-corrected chi connectivity index (χ2v) is 6.48. The highest BCUT2D eigenvalue weighted by molar-refractivity contribution is 9.10. The summed E-state index contributed by atoms with van der Waals surface area (Å²) < 4.78 is 1.06. The van der Waals surface area contributed by atoms with Gasteiger partial charge in [0.15, 0.2) is 0 Å². The first-order chi connectivity index (χ1) is 10.2. The molecule has 1 aromatic heterocycles. The number of nitrogens with one attached hydrogen (secondary N) is 1. The predicted octanol–water partition coefficient (Wildman–Crippen LogP) is 4.22. The van der Waals surface area contributed by atoms with Crippen molar-refractivity contribution < 1.29 is 0 Å². The van der Waals surface area contributed by atoms with Crippen LogP contribution in [0.25, 0.3) is 0 Å². The minimum Gasteiger partial charge on any atom is -0.356 e. The Morgan fingerprint density at radius 1 is 1.24 bits per heavy atom. The molecule has 1 atom stereocenters. The zero-order valence-electron chi connectivity index (χ0n) is 12.1. The highest BCUT2D eigenvalue weighted by atomic mass is 79.9. The highest BCUT2D eigenvalue weighted by Crippen LogP contribution is 2.23. The minimum atomic E-state index is 0.646. The van der Waals surface area contributed by atoms with Crippen LogP contribution in [-0.4, -0.2) is 23.1 Å². The van der Waals surface area contributed by atoms with Gasteiger partial charge in [0.2, 0.25) is 5.95 Å². The lowest BCUT2D eigenvalue weighted by Crippen LogP contribution is -2.34. The zero-order valence-corrected chi connectivity index (χ0v) is 13.7. The Kier molecular flexibility index (Phi) is 4.39. The van der Waals surface area contributed by atoms with Crippen molar-refractivity contribution in [1.82, 2.24) is 9.97 Å². The molecule has 0 aliphatic carbocycles. The van der Waals surface area contributed by atoms with Crippen molar-refractivity contribution in [2.45, 2.75) is 19.8 Å². The molecule has 1 aliphatic heterocycles. The molecule has 0 saturated carbocycles. The van der Waals surface area contributed by atoms with E-state index in [4.69, 9.17) is 0 Å². The van der Waals surface area contributed by atoms with E-state index in [1.54, 1.807) is 0 Å². The number of piperidine rings is 1. The first kappa shape index (κ1) is 14.3. The second-order valence-electron chi connectivity index (χ2n) is 5.56. The Bertz CT molecular complexity index is 599. The van der Waals surface area contributed by atoms with Gasteiger partial charge < -0.3 is 10.2 Å². The summed E-state index contributed by atoms with van der Waals surface area (Å²) in [5, 5.41) is 3.25. The van der Waals surface area contributed by atoms with E-state index in [0.717, 1.165) is 35.0 Å². The molecule has 1 aromatic carbocycles. The summed E-state index contributed by atoms with van der Waals surface area (Å²) in [5.74, 6) is 2.39. The van der Waals surface area contributed by atoms with Crippen LogP contribution in [0.1, 0.15) is 19.8 Å². The molecule has 0 amide bonds. The van der Waals surface area contributed by atoms with Crippen molar-refractivity contribution >= 4 is 33.4 Å². The molecule has 5 heteroatoms. The lowest BCUT2D eigenvalue weighted by atomic mass is 10.0. The van der Waals surface area contributed by atoms with Gasteiger partial charge >= 0.3 is 0 Å². The summed E-state index contributed by atoms with van der Waals surface area (Å²) in [5.41, 5.74) is 0.988. The zero-order chi connectivity index (χ0) is 14.7. The number of rotatable bonds is 3. The van der Waals surface area contributed by atoms with Crippen molar-refractivity contribution in [3.05, 3.63) is 41.0 Å². The minimum absolute atomic E-state index is 0.646. The maximum atomic E-state index is 4.64. The summed E-state index contributed by atoms with van der Waals surface area (Å²) in [6.07, 6.45) is 4.37. The van der Waals surface area contributed by atoms with Crippen LogP contribution in [0.5, 0.6) is 0 Å². The number of anilines is 3. The third-order valence-electron chi connectivity index (χ3n) is 3.72. The van der Waals surface area contributed by atoms with Crippen LogP contribution in [0.15, 0.2) is 41.0 Å². The van der Waals surface area contributed by atoms with Crippen molar-refractivity contribution in [2.75, 3.05) is 23.3 Å². The third-order valence-corrected chi connectivity index (χ3v) is 4.25. The van der Waals surface area contributed by atoms with Gasteiger partial charge in [0.25, 0.3) is 0 Å². The first-order valence-corrected chi connectivity index (χ1v) is 8.10. The van der Waals surface area contributed by atoms with E-state index in [1.807, 2.05) is 36.5 Å². The summed E-state index contributed by atoms with van der Waals surface area (Å²) >= 11 is 3.43. The van der Waals surface area contributed by atoms with E-state index in [0.29, 0.717) is 5.95 Å². The fraction of sp³-hybridized carbons (Fsp3) is 0.375. The lowest BCUT2D eigenvalue weighted by molar-refractivity contribution is 0.444. The molecule has 2 heterocycles. The molecule has 4 nitrogen and oxygen atoms in total. The molecule has 0 radical (unpaired) electrons. The molecule has 1 saturated heterocycles. The maximum Gasteiger partial charge on any atom is 0.229 e. The van der Waals surface area contributed by atoms with Gasteiger partial charge in [0, 0.05) is 29.4 Å². The van der Waals surface area contributed by atoms with Gasteiger partial charge in [-0.3, -0.25) is 0 Å². The Morgan fingerprint density at radius 2 is 2.05 bits per heavy atom. The molecule has 1 unspecified atom stereocenters. The SMILES string of the molecule is CC1CCCN(c2ccnc(Nc3ccc(Br)cc3)n2)C1. The van der Waals surface area contributed by atoms with Gasteiger partial charge in [-0.15, -0.1) is 0 Å². The molecule has 21 heavy (non-hydrogen) atoms.